The van der Waals surface area contributed by atoms with Gasteiger partial charge in [-0.25, -0.2) is 4.39 Å². The summed E-state index contributed by atoms with van der Waals surface area (Å²) < 4.78 is 26.6. The highest BCUT2D eigenvalue weighted by molar-refractivity contribution is 6.35. The number of rotatable bonds is 10. The topological polar surface area (TPSA) is 84.4 Å². The minimum absolute atomic E-state index is 0.388. The summed E-state index contributed by atoms with van der Waals surface area (Å²) in [5.41, 5.74) is 3.03. The van der Waals surface area contributed by atoms with Crippen LogP contribution in [0.4, 0.5) is 4.39 Å². The van der Waals surface area contributed by atoms with Crippen LogP contribution in [0, 0.1) is 0 Å². The predicted molar refractivity (Wildman–Crippen MR) is 152 cm³/mol. The molecule has 1 fully saturated rings. The van der Waals surface area contributed by atoms with E-state index in [0.717, 1.165) is 37.3 Å². The van der Waals surface area contributed by atoms with Gasteiger partial charge in [-0.1, -0.05) is 29.3 Å². The number of nitrogens with one attached hydrogen (secondary N) is 2. The highest BCUT2D eigenvalue weighted by Crippen LogP contribution is 2.33. The molecular weight excluding hydrogens is 528 g/mol. The maximum atomic E-state index is 15.1. The molecule has 1 aliphatic rings. The average molecular weight is 558 g/mol. The fourth-order valence-electron chi connectivity index (χ4n) is 4.12. The van der Waals surface area contributed by atoms with E-state index in [1.165, 1.54) is 18.5 Å². The Hall–Kier alpha value is -3.04. The molecule has 0 bridgehead atoms. The number of pyridine rings is 1. The number of hydrogen-bond donors (Lipinski definition) is 2. The van der Waals surface area contributed by atoms with Crippen molar-refractivity contribution >= 4 is 46.9 Å². The molecule has 4 rings (SSSR count). The fraction of sp³-hybridized carbons (Fsp3) is 0.321. The molecule has 200 valence electrons. The zero-order valence-electron chi connectivity index (χ0n) is 21.3. The number of benzene rings is 1. The normalized spacial score (nSPS) is 16.6. The highest BCUT2D eigenvalue weighted by atomic mass is 35.5. The quantitative estimate of drug-likeness (QED) is 0.207. The van der Waals surface area contributed by atoms with E-state index in [9.17, 15) is 0 Å². The summed E-state index contributed by atoms with van der Waals surface area (Å²) >= 11 is 12.5. The largest absolute Gasteiger partial charge is 0.486 e. The van der Waals surface area contributed by atoms with Crippen LogP contribution < -0.4 is 10.1 Å². The lowest BCUT2D eigenvalue weighted by atomic mass is 10.1. The van der Waals surface area contributed by atoms with E-state index in [-0.39, 0.29) is 0 Å². The predicted octanol–water partition coefficient (Wildman–Crippen LogP) is 7.01. The number of ether oxygens (including phenoxy) is 2. The van der Waals surface area contributed by atoms with Crippen molar-refractivity contribution in [1.82, 2.24) is 20.5 Å². The van der Waals surface area contributed by atoms with Gasteiger partial charge < -0.3 is 14.8 Å². The summed E-state index contributed by atoms with van der Waals surface area (Å²) in [5.74, 6) is 0.157. The van der Waals surface area contributed by atoms with Crippen molar-refractivity contribution in [3.63, 3.8) is 0 Å². The van der Waals surface area contributed by atoms with E-state index >= 15 is 4.39 Å². The second kappa shape index (κ2) is 13.2. The van der Waals surface area contributed by atoms with Crippen molar-refractivity contribution in [2.75, 3.05) is 19.8 Å². The highest BCUT2D eigenvalue weighted by Gasteiger charge is 2.17. The molecule has 0 radical (unpaired) electrons. The van der Waals surface area contributed by atoms with Crippen molar-refractivity contribution in [2.45, 2.75) is 38.8 Å². The van der Waals surface area contributed by atoms with Gasteiger partial charge in [-0.2, -0.15) is 5.10 Å². The minimum atomic E-state index is -0.427. The van der Waals surface area contributed by atoms with Crippen LogP contribution in [0.2, 0.25) is 10.0 Å². The molecule has 3 aromatic rings. The van der Waals surface area contributed by atoms with E-state index < -0.39 is 11.9 Å². The third-order valence-corrected chi connectivity index (χ3v) is 6.94. The maximum absolute atomic E-state index is 15.1. The number of allylic oxidation sites excluding steroid dienone is 4. The van der Waals surface area contributed by atoms with Crippen molar-refractivity contribution in [3.05, 3.63) is 81.1 Å². The Balaban J connectivity index is 1.48. The SMILES string of the molecule is C=N\C(=C/C=C(C)/C(F)=C/c1n[nH]c2ccc(O[C@H](C)c3c(Cl)cncc3Cl)cc12)CNC1CCOCC1. The molecule has 1 saturated heterocycles. The van der Waals surface area contributed by atoms with Gasteiger partial charge in [0.15, 0.2) is 0 Å². The zero-order chi connectivity index (χ0) is 27.1. The van der Waals surface area contributed by atoms with E-state index in [1.54, 1.807) is 31.2 Å². The second-order valence-electron chi connectivity index (χ2n) is 9.02. The molecule has 1 aromatic carbocycles. The first-order chi connectivity index (χ1) is 18.4. The fourth-order valence-corrected chi connectivity index (χ4v) is 4.79. The molecule has 0 spiro atoms. The molecule has 10 heteroatoms. The molecule has 2 aromatic heterocycles. The summed E-state index contributed by atoms with van der Waals surface area (Å²) in [7, 11) is 0. The number of fused-ring (bicyclic) bond motifs is 1. The third kappa shape index (κ3) is 7.08. The van der Waals surface area contributed by atoms with Crippen LogP contribution in [-0.4, -0.2) is 47.7 Å². The van der Waals surface area contributed by atoms with Gasteiger partial charge in [0.1, 0.15) is 17.7 Å². The molecule has 0 unspecified atom stereocenters. The zero-order valence-corrected chi connectivity index (χ0v) is 22.8. The first-order valence-electron chi connectivity index (χ1n) is 12.3. The Bertz CT molecular complexity index is 1360. The van der Waals surface area contributed by atoms with Crippen LogP contribution in [0.5, 0.6) is 5.75 Å². The summed E-state index contributed by atoms with van der Waals surface area (Å²) in [6.07, 6.45) is 9.40. The van der Waals surface area contributed by atoms with Gasteiger partial charge in [-0.15, -0.1) is 0 Å². The number of nitrogens with zero attached hydrogens (tertiary/aromatic N) is 3. The van der Waals surface area contributed by atoms with Gasteiger partial charge >= 0.3 is 0 Å². The molecule has 1 aliphatic heterocycles. The molecule has 2 N–H and O–H groups in total. The first-order valence-corrected chi connectivity index (χ1v) is 13.1. The maximum Gasteiger partial charge on any atom is 0.128 e. The molecule has 1 atom stereocenters. The van der Waals surface area contributed by atoms with Crippen molar-refractivity contribution in [1.29, 1.82) is 0 Å². The molecule has 7 nitrogen and oxygen atoms in total. The standard InChI is InChI=1S/C28H30Cl2FN5O2/c1-17(4-5-20(32-3)14-34-19-8-10-37-11-9-19)25(31)13-27-22-12-21(6-7-26(22)35-36-27)38-18(2)28-23(29)15-33-16-24(28)30/h4-7,12-13,15-16,18-19,34H,3,8-11,14H2,1-2H3,(H,35,36)/b17-4+,20-5-,25-13-/t18-/m1/s1. The average Bonchev–Trinajstić information content (AvgIpc) is 3.30. The molecule has 0 aliphatic carbocycles. The van der Waals surface area contributed by atoms with Gasteiger partial charge in [-0.3, -0.25) is 15.1 Å². The first kappa shape index (κ1) is 28.0. The molecule has 3 heterocycles. The number of aromatic amines is 1. The van der Waals surface area contributed by atoms with Gasteiger partial charge in [0.2, 0.25) is 0 Å². The molecular formula is C28H30Cl2FN5O2. The lowest BCUT2D eigenvalue weighted by Gasteiger charge is -2.23. The Labute approximate surface area is 231 Å². The minimum Gasteiger partial charge on any atom is -0.486 e. The number of hydrogen-bond acceptors (Lipinski definition) is 6. The lowest BCUT2D eigenvalue weighted by molar-refractivity contribution is 0.0787. The van der Waals surface area contributed by atoms with Crippen LogP contribution in [0.1, 0.15) is 44.1 Å². The van der Waals surface area contributed by atoms with Gasteiger partial charge in [0, 0.05) is 55.2 Å². The summed E-state index contributed by atoms with van der Waals surface area (Å²) in [5, 5.41) is 12.2. The Morgan fingerprint density at radius 2 is 2.03 bits per heavy atom. The van der Waals surface area contributed by atoms with Crippen molar-refractivity contribution < 1.29 is 13.9 Å². The molecule has 38 heavy (non-hydrogen) atoms. The Morgan fingerprint density at radius 3 is 2.74 bits per heavy atom. The van der Waals surface area contributed by atoms with Gasteiger partial charge in [0.05, 0.1) is 27.0 Å². The number of H-pyrrole nitrogens is 1. The Morgan fingerprint density at radius 1 is 1.29 bits per heavy atom. The van der Waals surface area contributed by atoms with E-state index in [0.29, 0.717) is 50.6 Å². The Kier molecular flexibility index (Phi) is 9.69. The summed E-state index contributed by atoms with van der Waals surface area (Å²) in [6, 6.07) is 5.82. The van der Waals surface area contributed by atoms with Gasteiger partial charge in [0.25, 0.3) is 0 Å². The van der Waals surface area contributed by atoms with Crippen LogP contribution in [-0.2, 0) is 4.74 Å². The number of halogens is 3. The summed E-state index contributed by atoms with van der Waals surface area (Å²) in [6.45, 7) is 9.26. The van der Waals surface area contributed by atoms with E-state index in [1.807, 2.05) is 13.0 Å². The van der Waals surface area contributed by atoms with Gasteiger partial charge in [-0.05, 0) is 63.3 Å². The monoisotopic (exact) mass is 557 g/mol. The smallest absolute Gasteiger partial charge is 0.128 e. The summed E-state index contributed by atoms with van der Waals surface area (Å²) in [4.78, 5) is 8.05. The van der Waals surface area contributed by atoms with Crippen molar-refractivity contribution in [3.8, 4) is 5.75 Å². The van der Waals surface area contributed by atoms with Crippen LogP contribution >= 0.6 is 23.2 Å². The van der Waals surface area contributed by atoms with Crippen LogP contribution in [0.25, 0.3) is 17.0 Å². The third-order valence-electron chi connectivity index (χ3n) is 6.34. The second-order valence-corrected chi connectivity index (χ2v) is 9.83. The number of aromatic nitrogens is 3. The number of aliphatic imine (C=N–C) groups is 1. The van der Waals surface area contributed by atoms with Crippen molar-refractivity contribution in [2.24, 2.45) is 4.99 Å². The van der Waals surface area contributed by atoms with E-state index in [2.05, 4.69) is 32.2 Å². The molecule has 0 saturated carbocycles. The van der Waals surface area contributed by atoms with E-state index in [4.69, 9.17) is 32.7 Å². The van der Waals surface area contributed by atoms with Crippen LogP contribution in [0.15, 0.2) is 64.8 Å². The lowest BCUT2D eigenvalue weighted by Crippen LogP contribution is -2.35. The molecule has 0 amide bonds. The van der Waals surface area contributed by atoms with Crippen LogP contribution in [0.3, 0.4) is 0 Å².